The number of likely N-dealkylation sites (tertiary alicyclic amines) is 1. The van der Waals surface area contributed by atoms with E-state index in [0.29, 0.717) is 23.9 Å². The topological polar surface area (TPSA) is 57.7 Å². The summed E-state index contributed by atoms with van der Waals surface area (Å²) in [5.41, 5.74) is 0.836. The van der Waals surface area contributed by atoms with Gasteiger partial charge in [-0.15, -0.1) is 0 Å². The number of hydrogen-bond donors (Lipinski definition) is 0. The van der Waals surface area contributed by atoms with Crippen LogP contribution < -0.4 is 0 Å². The standard InChI is InChI=1S/C21H30N2O3S/c1-18-7-6-14-22(17-18)21(24)13-10-19-8-11-20(12-9-19)27(25,26)23-15-4-2-3-5-16-23/h8-13,18H,2-7,14-17H2,1H3/b13-10+. The maximum atomic E-state index is 12.8. The number of amides is 1. The van der Waals surface area contributed by atoms with Crippen LogP contribution in [0.5, 0.6) is 0 Å². The first-order valence-electron chi connectivity index (χ1n) is 10.0. The predicted octanol–water partition coefficient (Wildman–Crippen LogP) is 3.52. The number of carbonyl (C=O) groups excluding carboxylic acids is 1. The van der Waals surface area contributed by atoms with Crippen LogP contribution in [0.1, 0.15) is 51.0 Å². The third-order valence-electron chi connectivity index (χ3n) is 5.47. The minimum absolute atomic E-state index is 0.0304. The summed E-state index contributed by atoms with van der Waals surface area (Å²) in [5, 5.41) is 0. The third kappa shape index (κ3) is 5.20. The zero-order valence-corrected chi connectivity index (χ0v) is 17.0. The highest BCUT2D eigenvalue weighted by Crippen LogP contribution is 2.21. The first-order valence-corrected chi connectivity index (χ1v) is 11.5. The van der Waals surface area contributed by atoms with E-state index in [0.717, 1.165) is 50.8 Å². The zero-order valence-electron chi connectivity index (χ0n) is 16.1. The van der Waals surface area contributed by atoms with E-state index < -0.39 is 10.0 Å². The average Bonchev–Trinajstić information content (AvgIpc) is 2.96. The maximum absolute atomic E-state index is 12.8. The summed E-state index contributed by atoms with van der Waals surface area (Å²) in [5.74, 6) is 0.586. The van der Waals surface area contributed by atoms with Crippen molar-refractivity contribution in [2.45, 2.75) is 50.3 Å². The van der Waals surface area contributed by atoms with Gasteiger partial charge >= 0.3 is 0 Å². The van der Waals surface area contributed by atoms with E-state index in [-0.39, 0.29) is 5.91 Å². The van der Waals surface area contributed by atoms with E-state index >= 15 is 0 Å². The smallest absolute Gasteiger partial charge is 0.246 e. The van der Waals surface area contributed by atoms with Crippen molar-refractivity contribution in [1.82, 2.24) is 9.21 Å². The summed E-state index contributed by atoms with van der Waals surface area (Å²) < 4.78 is 27.2. The van der Waals surface area contributed by atoms with Crippen molar-refractivity contribution in [2.75, 3.05) is 26.2 Å². The second-order valence-corrected chi connectivity index (χ2v) is 9.69. The fourth-order valence-electron chi connectivity index (χ4n) is 3.84. The molecule has 1 unspecified atom stereocenters. The monoisotopic (exact) mass is 390 g/mol. The Morgan fingerprint density at radius 1 is 1.00 bits per heavy atom. The Balaban J connectivity index is 1.65. The van der Waals surface area contributed by atoms with E-state index in [1.165, 1.54) is 6.42 Å². The van der Waals surface area contributed by atoms with Crippen LogP contribution in [0, 0.1) is 5.92 Å². The number of hydrogen-bond acceptors (Lipinski definition) is 3. The Hall–Kier alpha value is -1.66. The first-order chi connectivity index (χ1) is 13.0. The van der Waals surface area contributed by atoms with Crippen molar-refractivity contribution in [3.63, 3.8) is 0 Å². The molecule has 1 aromatic carbocycles. The Morgan fingerprint density at radius 3 is 2.30 bits per heavy atom. The second-order valence-electron chi connectivity index (χ2n) is 7.75. The van der Waals surface area contributed by atoms with Crippen molar-refractivity contribution >= 4 is 22.0 Å². The van der Waals surface area contributed by atoms with Crippen molar-refractivity contribution in [3.05, 3.63) is 35.9 Å². The van der Waals surface area contributed by atoms with Crippen LogP contribution in [-0.2, 0) is 14.8 Å². The molecule has 0 spiro atoms. The molecule has 3 rings (SSSR count). The molecule has 0 aliphatic carbocycles. The fourth-order valence-corrected chi connectivity index (χ4v) is 5.36. The molecule has 148 valence electrons. The van der Waals surface area contributed by atoms with E-state index in [1.54, 1.807) is 40.7 Å². The molecule has 0 N–H and O–H groups in total. The van der Waals surface area contributed by atoms with Crippen molar-refractivity contribution in [1.29, 1.82) is 0 Å². The summed E-state index contributed by atoms with van der Waals surface area (Å²) in [6, 6.07) is 6.83. The highest BCUT2D eigenvalue weighted by atomic mass is 32.2. The number of carbonyl (C=O) groups is 1. The lowest BCUT2D eigenvalue weighted by atomic mass is 10.0. The molecule has 0 aromatic heterocycles. The molecular formula is C21H30N2O3S. The van der Waals surface area contributed by atoms with Crippen LogP contribution >= 0.6 is 0 Å². The molecule has 1 aromatic rings. The van der Waals surface area contributed by atoms with Gasteiger partial charge in [0.1, 0.15) is 0 Å². The second kappa shape index (κ2) is 9.02. The summed E-state index contributed by atoms with van der Waals surface area (Å²) >= 11 is 0. The predicted molar refractivity (Wildman–Crippen MR) is 108 cm³/mol. The molecule has 0 saturated carbocycles. The summed E-state index contributed by atoms with van der Waals surface area (Å²) in [7, 11) is -3.42. The molecular weight excluding hydrogens is 360 g/mol. The van der Waals surface area contributed by atoms with Gasteiger partial charge < -0.3 is 4.90 Å². The van der Waals surface area contributed by atoms with E-state index in [1.807, 2.05) is 4.90 Å². The van der Waals surface area contributed by atoms with E-state index in [9.17, 15) is 13.2 Å². The molecule has 0 radical (unpaired) electrons. The first kappa shape index (κ1) is 20.1. The van der Waals surface area contributed by atoms with Crippen LogP contribution in [0.4, 0.5) is 0 Å². The van der Waals surface area contributed by atoms with E-state index in [4.69, 9.17) is 0 Å². The van der Waals surface area contributed by atoms with Gasteiger partial charge in [0, 0.05) is 32.3 Å². The lowest BCUT2D eigenvalue weighted by Gasteiger charge is -2.30. The lowest BCUT2D eigenvalue weighted by Crippen LogP contribution is -2.38. The molecule has 6 heteroatoms. The number of piperidine rings is 1. The third-order valence-corrected chi connectivity index (χ3v) is 7.38. The highest BCUT2D eigenvalue weighted by Gasteiger charge is 2.25. The Kier molecular flexibility index (Phi) is 6.71. The van der Waals surface area contributed by atoms with Crippen LogP contribution in [-0.4, -0.2) is 49.7 Å². The average molecular weight is 391 g/mol. The molecule has 1 atom stereocenters. The van der Waals surface area contributed by atoms with Crippen molar-refractivity contribution in [2.24, 2.45) is 5.92 Å². The van der Waals surface area contributed by atoms with Gasteiger partial charge in [0.2, 0.25) is 15.9 Å². The molecule has 2 saturated heterocycles. The minimum atomic E-state index is -3.42. The van der Waals surface area contributed by atoms with Gasteiger partial charge in [-0.1, -0.05) is 31.9 Å². The number of nitrogens with zero attached hydrogens (tertiary/aromatic N) is 2. The Bertz CT molecular complexity index is 763. The summed E-state index contributed by atoms with van der Waals surface area (Å²) in [6.45, 7) is 5.02. The lowest BCUT2D eigenvalue weighted by molar-refractivity contribution is -0.127. The Morgan fingerprint density at radius 2 is 1.67 bits per heavy atom. The summed E-state index contributed by atoms with van der Waals surface area (Å²) in [4.78, 5) is 14.5. The number of sulfonamides is 1. The molecule has 1 amide bonds. The zero-order chi connectivity index (χ0) is 19.3. The fraction of sp³-hybridized carbons (Fsp3) is 0.571. The molecule has 2 aliphatic heterocycles. The SMILES string of the molecule is CC1CCCN(C(=O)/C=C/c2ccc(S(=O)(=O)N3CCCCCC3)cc2)C1. The quantitative estimate of drug-likeness (QED) is 0.739. The van der Waals surface area contributed by atoms with Gasteiger partial charge in [-0.05, 0) is 55.4 Å². The molecule has 2 aliphatic rings. The number of rotatable bonds is 4. The van der Waals surface area contributed by atoms with Gasteiger partial charge in [0.25, 0.3) is 0 Å². The number of benzene rings is 1. The van der Waals surface area contributed by atoms with E-state index in [2.05, 4.69) is 6.92 Å². The van der Waals surface area contributed by atoms with Crippen molar-refractivity contribution < 1.29 is 13.2 Å². The molecule has 0 bridgehead atoms. The normalized spacial score (nSPS) is 22.7. The Labute approximate surface area is 163 Å². The van der Waals surface area contributed by atoms with Gasteiger partial charge in [0.15, 0.2) is 0 Å². The van der Waals surface area contributed by atoms with Gasteiger partial charge in [-0.25, -0.2) is 8.42 Å². The van der Waals surface area contributed by atoms with Gasteiger partial charge in [-0.2, -0.15) is 4.31 Å². The minimum Gasteiger partial charge on any atom is -0.339 e. The van der Waals surface area contributed by atoms with Crippen molar-refractivity contribution in [3.8, 4) is 0 Å². The highest BCUT2D eigenvalue weighted by molar-refractivity contribution is 7.89. The molecule has 2 heterocycles. The largest absolute Gasteiger partial charge is 0.339 e. The van der Waals surface area contributed by atoms with Gasteiger partial charge in [0.05, 0.1) is 4.90 Å². The van der Waals surface area contributed by atoms with Crippen LogP contribution in [0.25, 0.3) is 6.08 Å². The van der Waals surface area contributed by atoms with Gasteiger partial charge in [-0.3, -0.25) is 4.79 Å². The molecule has 27 heavy (non-hydrogen) atoms. The van der Waals surface area contributed by atoms with Crippen LogP contribution in [0.15, 0.2) is 35.2 Å². The molecule has 5 nitrogen and oxygen atoms in total. The maximum Gasteiger partial charge on any atom is 0.246 e. The van der Waals surface area contributed by atoms with Crippen LogP contribution in [0.2, 0.25) is 0 Å². The van der Waals surface area contributed by atoms with Crippen LogP contribution in [0.3, 0.4) is 0 Å². The summed E-state index contributed by atoms with van der Waals surface area (Å²) in [6.07, 6.45) is 9.65. The molecule has 2 fully saturated rings.